The van der Waals surface area contributed by atoms with Gasteiger partial charge in [0.05, 0.1) is 6.21 Å². The Morgan fingerprint density at radius 1 is 1.12 bits per heavy atom. The third-order valence-corrected chi connectivity index (χ3v) is 3.53. The SMILES string of the molecule is CCC(=O)Nc1ccc(C(=O)N/N=C\c2ccc3c(c2)OCO3)cc1. The predicted molar refractivity (Wildman–Crippen MR) is 93.0 cm³/mol. The topological polar surface area (TPSA) is 89.0 Å². The second-order valence-electron chi connectivity index (χ2n) is 5.29. The summed E-state index contributed by atoms with van der Waals surface area (Å²) in [6.07, 6.45) is 1.92. The van der Waals surface area contributed by atoms with E-state index >= 15 is 0 Å². The molecule has 0 fully saturated rings. The maximum Gasteiger partial charge on any atom is 0.271 e. The highest BCUT2D eigenvalue weighted by Crippen LogP contribution is 2.31. The molecule has 1 heterocycles. The average Bonchev–Trinajstić information content (AvgIpc) is 3.10. The lowest BCUT2D eigenvalue weighted by Gasteiger charge is -2.04. The van der Waals surface area contributed by atoms with Crippen LogP contribution in [-0.2, 0) is 4.79 Å². The molecule has 0 radical (unpaired) electrons. The minimum atomic E-state index is -0.342. The standard InChI is InChI=1S/C18H17N3O4/c1-2-17(22)20-14-6-4-13(5-7-14)18(23)21-19-10-12-3-8-15-16(9-12)25-11-24-15/h3-10H,2,11H2,1H3,(H,20,22)(H,21,23)/b19-10-. The number of fused-ring (bicyclic) bond motifs is 1. The number of ether oxygens (including phenoxy) is 2. The fourth-order valence-corrected chi connectivity index (χ4v) is 2.18. The van der Waals surface area contributed by atoms with Crippen molar-refractivity contribution in [3.63, 3.8) is 0 Å². The second-order valence-corrected chi connectivity index (χ2v) is 5.29. The number of hydrazone groups is 1. The summed E-state index contributed by atoms with van der Waals surface area (Å²) in [5.74, 6) is 0.923. The Hall–Kier alpha value is -3.35. The number of carbonyl (C=O) groups is 2. The van der Waals surface area contributed by atoms with Gasteiger partial charge in [-0.2, -0.15) is 5.10 Å². The van der Waals surface area contributed by atoms with Crippen molar-refractivity contribution in [2.75, 3.05) is 12.1 Å². The van der Waals surface area contributed by atoms with Gasteiger partial charge in [0.1, 0.15) is 0 Å². The molecule has 1 aliphatic rings. The Kier molecular flexibility index (Phi) is 4.94. The van der Waals surface area contributed by atoms with Gasteiger partial charge in [-0.3, -0.25) is 9.59 Å². The Morgan fingerprint density at radius 2 is 1.88 bits per heavy atom. The first-order valence-electron chi connectivity index (χ1n) is 7.78. The molecule has 2 aromatic rings. The van der Waals surface area contributed by atoms with Crippen LogP contribution in [0.1, 0.15) is 29.3 Å². The zero-order valence-corrected chi connectivity index (χ0v) is 13.6. The van der Waals surface area contributed by atoms with Gasteiger partial charge in [0.25, 0.3) is 5.91 Å². The number of amides is 2. The number of nitrogens with zero attached hydrogens (tertiary/aromatic N) is 1. The average molecular weight is 339 g/mol. The van der Waals surface area contributed by atoms with E-state index < -0.39 is 0 Å². The van der Waals surface area contributed by atoms with E-state index in [4.69, 9.17) is 9.47 Å². The summed E-state index contributed by atoms with van der Waals surface area (Å²) >= 11 is 0. The van der Waals surface area contributed by atoms with Gasteiger partial charge in [0, 0.05) is 17.7 Å². The Bertz CT molecular complexity index is 816. The molecule has 7 nitrogen and oxygen atoms in total. The lowest BCUT2D eigenvalue weighted by Crippen LogP contribution is -2.17. The normalized spacial score (nSPS) is 12.2. The maximum absolute atomic E-state index is 12.1. The van der Waals surface area contributed by atoms with Crippen LogP contribution < -0.4 is 20.2 Å². The predicted octanol–water partition coefficient (Wildman–Crippen LogP) is 2.53. The lowest BCUT2D eigenvalue weighted by atomic mass is 10.2. The minimum Gasteiger partial charge on any atom is -0.454 e. The third kappa shape index (κ3) is 4.14. The first kappa shape index (κ1) is 16.5. The molecular formula is C18H17N3O4. The van der Waals surface area contributed by atoms with Crippen molar-refractivity contribution in [3.05, 3.63) is 53.6 Å². The van der Waals surface area contributed by atoms with Crippen LogP contribution in [0.15, 0.2) is 47.6 Å². The summed E-state index contributed by atoms with van der Waals surface area (Å²) in [4.78, 5) is 23.4. The van der Waals surface area contributed by atoms with Gasteiger partial charge in [0.2, 0.25) is 12.7 Å². The summed E-state index contributed by atoms with van der Waals surface area (Å²) in [5.41, 5.74) is 4.33. The van der Waals surface area contributed by atoms with Crippen molar-refractivity contribution in [2.24, 2.45) is 5.10 Å². The molecule has 0 bridgehead atoms. The summed E-state index contributed by atoms with van der Waals surface area (Å²) in [7, 11) is 0. The zero-order chi connectivity index (χ0) is 17.6. The van der Waals surface area contributed by atoms with E-state index in [1.54, 1.807) is 43.3 Å². The van der Waals surface area contributed by atoms with Crippen LogP contribution in [-0.4, -0.2) is 24.8 Å². The van der Waals surface area contributed by atoms with E-state index in [1.165, 1.54) is 6.21 Å². The van der Waals surface area contributed by atoms with Gasteiger partial charge in [-0.05, 0) is 48.0 Å². The minimum absolute atomic E-state index is 0.0782. The number of nitrogens with one attached hydrogen (secondary N) is 2. The van der Waals surface area contributed by atoms with Crippen molar-refractivity contribution in [2.45, 2.75) is 13.3 Å². The van der Waals surface area contributed by atoms with E-state index in [1.807, 2.05) is 6.07 Å². The van der Waals surface area contributed by atoms with E-state index in [0.29, 0.717) is 29.2 Å². The highest BCUT2D eigenvalue weighted by atomic mass is 16.7. The molecule has 2 N–H and O–H groups in total. The van der Waals surface area contributed by atoms with Crippen LogP contribution in [0.3, 0.4) is 0 Å². The van der Waals surface area contributed by atoms with E-state index in [9.17, 15) is 9.59 Å². The second kappa shape index (κ2) is 7.48. The highest BCUT2D eigenvalue weighted by Gasteiger charge is 2.12. The number of hydrogen-bond acceptors (Lipinski definition) is 5. The van der Waals surface area contributed by atoms with Gasteiger partial charge >= 0.3 is 0 Å². The van der Waals surface area contributed by atoms with Crippen molar-refractivity contribution in [1.29, 1.82) is 0 Å². The third-order valence-electron chi connectivity index (χ3n) is 3.53. The molecular weight excluding hydrogens is 322 g/mol. The fourth-order valence-electron chi connectivity index (χ4n) is 2.18. The van der Waals surface area contributed by atoms with Gasteiger partial charge in [-0.25, -0.2) is 5.43 Å². The van der Waals surface area contributed by atoms with Crippen molar-refractivity contribution in [1.82, 2.24) is 5.43 Å². The molecule has 0 aliphatic carbocycles. The largest absolute Gasteiger partial charge is 0.454 e. The first-order valence-corrected chi connectivity index (χ1v) is 7.78. The van der Waals surface area contributed by atoms with Gasteiger partial charge < -0.3 is 14.8 Å². The molecule has 0 saturated carbocycles. The number of hydrogen-bond donors (Lipinski definition) is 2. The molecule has 3 rings (SSSR count). The first-order chi connectivity index (χ1) is 12.2. The van der Waals surface area contributed by atoms with Crippen LogP contribution in [0, 0.1) is 0 Å². The van der Waals surface area contributed by atoms with E-state index in [2.05, 4.69) is 15.8 Å². The molecule has 2 aromatic carbocycles. The zero-order valence-electron chi connectivity index (χ0n) is 13.6. The molecule has 25 heavy (non-hydrogen) atoms. The molecule has 0 saturated heterocycles. The Morgan fingerprint density at radius 3 is 2.64 bits per heavy atom. The maximum atomic E-state index is 12.1. The van der Waals surface area contributed by atoms with Crippen LogP contribution in [0.25, 0.3) is 0 Å². The fraction of sp³-hybridized carbons (Fsp3) is 0.167. The Labute approximate surface area is 144 Å². The van der Waals surface area contributed by atoms with Gasteiger partial charge in [-0.1, -0.05) is 6.92 Å². The lowest BCUT2D eigenvalue weighted by molar-refractivity contribution is -0.115. The summed E-state index contributed by atoms with van der Waals surface area (Å²) < 4.78 is 10.5. The summed E-state index contributed by atoms with van der Waals surface area (Å²) in [6, 6.07) is 12.0. The number of benzene rings is 2. The summed E-state index contributed by atoms with van der Waals surface area (Å²) in [5, 5.41) is 6.66. The molecule has 7 heteroatoms. The summed E-state index contributed by atoms with van der Waals surface area (Å²) in [6.45, 7) is 1.98. The smallest absolute Gasteiger partial charge is 0.271 e. The van der Waals surface area contributed by atoms with E-state index in [0.717, 1.165) is 5.56 Å². The van der Waals surface area contributed by atoms with Gasteiger partial charge in [-0.15, -0.1) is 0 Å². The number of carbonyl (C=O) groups excluding carboxylic acids is 2. The monoisotopic (exact) mass is 339 g/mol. The number of anilines is 1. The van der Waals surface area contributed by atoms with Crippen molar-refractivity contribution in [3.8, 4) is 11.5 Å². The van der Waals surface area contributed by atoms with Crippen LogP contribution in [0.4, 0.5) is 5.69 Å². The van der Waals surface area contributed by atoms with Crippen molar-refractivity contribution >= 4 is 23.7 Å². The quantitative estimate of drug-likeness (QED) is 0.647. The Balaban J connectivity index is 1.57. The van der Waals surface area contributed by atoms with Crippen LogP contribution >= 0.6 is 0 Å². The highest BCUT2D eigenvalue weighted by molar-refractivity contribution is 5.96. The van der Waals surface area contributed by atoms with E-state index in [-0.39, 0.29) is 18.6 Å². The number of rotatable bonds is 5. The molecule has 128 valence electrons. The molecule has 2 amide bonds. The molecule has 1 aliphatic heterocycles. The van der Waals surface area contributed by atoms with Gasteiger partial charge in [0.15, 0.2) is 11.5 Å². The molecule has 0 unspecified atom stereocenters. The molecule has 0 spiro atoms. The van der Waals surface area contributed by atoms with Crippen LogP contribution in [0.2, 0.25) is 0 Å². The van der Waals surface area contributed by atoms with Crippen LogP contribution in [0.5, 0.6) is 11.5 Å². The molecule has 0 aromatic heterocycles. The van der Waals surface area contributed by atoms with Crippen molar-refractivity contribution < 1.29 is 19.1 Å². The molecule has 0 atom stereocenters.